The van der Waals surface area contributed by atoms with E-state index in [-0.39, 0.29) is 19.0 Å². The zero-order chi connectivity index (χ0) is 18.1. The maximum atomic E-state index is 11.7. The van der Waals surface area contributed by atoms with Crippen LogP contribution in [0.3, 0.4) is 0 Å². The normalized spacial score (nSPS) is 9.96. The van der Waals surface area contributed by atoms with E-state index in [1.165, 1.54) is 0 Å². The van der Waals surface area contributed by atoms with Crippen molar-refractivity contribution in [3.63, 3.8) is 0 Å². The van der Waals surface area contributed by atoms with Gasteiger partial charge in [-0.15, -0.1) is 0 Å². The van der Waals surface area contributed by atoms with Gasteiger partial charge in [-0.05, 0) is 36.4 Å². The van der Waals surface area contributed by atoms with Crippen molar-refractivity contribution < 1.29 is 23.9 Å². The molecule has 2 rings (SSSR count). The van der Waals surface area contributed by atoms with Crippen LogP contribution in [0, 0.1) is 0 Å². The number of para-hydroxylation sites is 1. The minimum Gasteiger partial charge on any atom is -0.482 e. The minimum absolute atomic E-state index is 0.0374. The summed E-state index contributed by atoms with van der Waals surface area (Å²) < 4.78 is 10.1. The molecule has 0 bridgehead atoms. The van der Waals surface area contributed by atoms with Crippen molar-refractivity contribution in [2.24, 2.45) is 0 Å². The fraction of sp³-hybridized carbons (Fsp3) is 0.211. The Balaban J connectivity index is 1.71. The van der Waals surface area contributed by atoms with E-state index in [9.17, 15) is 14.4 Å². The first-order valence-corrected chi connectivity index (χ1v) is 7.85. The third kappa shape index (κ3) is 6.10. The quantitative estimate of drug-likeness (QED) is 0.590. The third-order valence-electron chi connectivity index (χ3n) is 3.28. The number of amides is 1. The number of carbonyl (C=O) groups excluding carboxylic acids is 3. The van der Waals surface area contributed by atoms with E-state index in [2.05, 4.69) is 5.32 Å². The molecule has 0 fully saturated rings. The minimum atomic E-state index is -0.656. The van der Waals surface area contributed by atoms with Gasteiger partial charge in [0.2, 0.25) is 0 Å². The topological polar surface area (TPSA) is 81.7 Å². The molecular weight excluding hydrogens is 322 g/mol. The van der Waals surface area contributed by atoms with E-state index in [1.807, 2.05) is 6.07 Å². The van der Waals surface area contributed by atoms with Gasteiger partial charge in [-0.1, -0.05) is 25.1 Å². The van der Waals surface area contributed by atoms with Crippen LogP contribution in [0.15, 0.2) is 54.6 Å². The van der Waals surface area contributed by atoms with Gasteiger partial charge in [-0.3, -0.25) is 9.59 Å². The highest BCUT2D eigenvalue weighted by molar-refractivity contribution is 5.96. The molecular formula is C19H19NO5. The molecule has 0 saturated heterocycles. The number of anilines is 1. The SMILES string of the molecule is CCC(=O)c1ccc(OCC(=O)OCC(=O)Nc2ccccc2)cc1. The highest BCUT2D eigenvalue weighted by Crippen LogP contribution is 2.13. The lowest BCUT2D eigenvalue weighted by atomic mass is 10.1. The van der Waals surface area contributed by atoms with Crippen LogP contribution in [-0.4, -0.2) is 30.9 Å². The van der Waals surface area contributed by atoms with Crippen LogP contribution in [0.1, 0.15) is 23.7 Å². The summed E-state index contributed by atoms with van der Waals surface area (Å²) in [6.07, 6.45) is 0.428. The molecule has 2 aromatic carbocycles. The standard InChI is InChI=1S/C19H19NO5/c1-2-17(21)14-8-10-16(11-9-14)24-13-19(23)25-12-18(22)20-15-6-4-3-5-7-15/h3-11H,2,12-13H2,1H3,(H,20,22). The maximum absolute atomic E-state index is 11.7. The van der Waals surface area contributed by atoms with Crippen LogP contribution >= 0.6 is 0 Å². The Morgan fingerprint density at radius 2 is 1.60 bits per heavy atom. The Bertz CT molecular complexity index is 725. The number of esters is 1. The van der Waals surface area contributed by atoms with E-state index in [0.29, 0.717) is 23.4 Å². The number of Topliss-reactive ketones (excluding diaryl/α,β-unsaturated/α-hetero) is 1. The molecule has 0 atom stereocenters. The number of carbonyl (C=O) groups is 3. The van der Waals surface area contributed by atoms with Gasteiger partial charge in [0, 0.05) is 17.7 Å². The molecule has 0 aliphatic carbocycles. The van der Waals surface area contributed by atoms with Crippen LogP contribution in [0.5, 0.6) is 5.75 Å². The van der Waals surface area contributed by atoms with Crippen LogP contribution in [0.2, 0.25) is 0 Å². The molecule has 0 aliphatic rings. The average Bonchev–Trinajstić information content (AvgIpc) is 2.65. The predicted octanol–water partition coefficient (Wildman–Crippen LogP) is 2.84. The maximum Gasteiger partial charge on any atom is 0.344 e. The lowest BCUT2D eigenvalue weighted by Crippen LogP contribution is -2.23. The lowest BCUT2D eigenvalue weighted by molar-refractivity contribution is -0.149. The number of benzene rings is 2. The van der Waals surface area contributed by atoms with Crippen molar-refractivity contribution in [1.29, 1.82) is 0 Å². The second-order valence-corrected chi connectivity index (χ2v) is 5.16. The molecule has 25 heavy (non-hydrogen) atoms. The number of ketones is 1. The molecule has 1 N–H and O–H groups in total. The molecule has 0 spiro atoms. The molecule has 0 aliphatic heterocycles. The fourth-order valence-corrected chi connectivity index (χ4v) is 1.99. The zero-order valence-corrected chi connectivity index (χ0v) is 13.9. The molecule has 0 heterocycles. The molecule has 0 saturated carbocycles. The summed E-state index contributed by atoms with van der Waals surface area (Å²) >= 11 is 0. The molecule has 0 unspecified atom stereocenters. The van der Waals surface area contributed by atoms with Gasteiger partial charge >= 0.3 is 5.97 Å². The highest BCUT2D eigenvalue weighted by Gasteiger charge is 2.09. The summed E-state index contributed by atoms with van der Waals surface area (Å²) in [6, 6.07) is 15.4. The number of ether oxygens (including phenoxy) is 2. The van der Waals surface area contributed by atoms with Crippen LogP contribution in [-0.2, 0) is 14.3 Å². The Labute approximate surface area is 145 Å². The first-order chi connectivity index (χ1) is 12.1. The van der Waals surface area contributed by atoms with Gasteiger partial charge in [-0.25, -0.2) is 4.79 Å². The fourth-order valence-electron chi connectivity index (χ4n) is 1.99. The van der Waals surface area contributed by atoms with E-state index in [4.69, 9.17) is 9.47 Å². The Hall–Kier alpha value is -3.15. The predicted molar refractivity (Wildman–Crippen MR) is 92.6 cm³/mol. The molecule has 0 radical (unpaired) electrons. The smallest absolute Gasteiger partial charge is 0.344 e. The van der Waals surface area contributed by atoms with Gasteiger partial charge in [-0.2, -0.15) is 0 Å². The van der Waals surface area contributed by atoms with Crippen molar-refractivity contribution in [3.8, 4) is 5.75 Å². The first-order valence-electron chi connectivity index (χ1n) is 7.85. The van der Waals surface area contributed by atoms with Crippen LogP contribution in [0.4, 0.5) is 5.69 Å². The van der Waals surface area contributed by atoms with Crippen molar-refractivity contribution in [1.82, 2.24) is 0 Å². The Kier molecular flexibility index (Phi) is 6.71. The number of nitrogens with one attached hydrogen (secondary N) is 1. The summed E-state index contributed by atoms with van der Waals surface area (Å²) in [6.45, 7) is 1.08. The van der Waals surface area contributed by atoms with E-state index in [1.54, 1.807) is 55.5 Å². The monoisotopic (exact) mass is 341 g/mol. The second kappa shape index (κ2) is 9.22. The van der Waals surface area contributed by atoms with Crippen LogP contribution in [0.25, 0.3) is 0 Å². The van der Waals surface area contributed by atoms with E-state index < -0.39 is 11.9 Å². The van der Waals surface area contributed by atoms with Gasteiger partial charge in [0.15, 0.2) is 19.0 Å². The molecule has 0 aromatic heterocycles. The summed E-state index contributed by atoms with van der Waals surface area (Å²) in [5, 5.41) is 2.60. The molecule has 1 amide bonds. The van der Waals surface area contributed by atoms with E-state index in [0.717, 1.165) is 0 Å². The highest BCUT2D eigenvalue weighted by atomic mass is 16.6. The molecule has 6 nitrogen and oxygen atoms in total. The number of rotatable bonds is 8. The lowest BCUT2D eigenvalue weighted by Gasteiger charge is -2.08. The van der Waals surface area contributed by atoms with Gasteiger partial charge < -0.3 is 14.8 Å². The number of hydrogen-bond acceptors (Lipinski definition) is 5. The van der Waals surface area contributed by atoms with Crippen molar-refractivity contribution in [3.05, 3.63) is 60.2 Å². The Morgan fingerprint density at radius 3 is 2.24 bits per heavy atom. The third-order valence-corrected chi connectivity index (χ3v) is 3.28. The summed E-state index contributed by atoms with van der Waals surface area (Å²) in [4.78, 5) is 34.8. The van der Waals surface area contributed by atoms with Crippen molar-refractivity contribution >= 4 is 23.3 Å². The molecule has 130 valence electrons. The van der Waals surface area contributed by atoms with Crippen molar-refractivity contribution in [2.75, 3.05) is 18.5 Å². The van der Waals surface area contributed by atoms with Gasteiger partial charge in [0.25, 0.3) is 5.91 Å². The van der Waals surface area contributed by atoms with Crippen molar-refractivity contribution in [2.45, 2.75) is 13.3 Å². The van der Waals surface area contributed by atoms with Gasteiger partial charge in [0.05, 0.1) is 0 Å². The Morgan fingerprint density at radius 1 is 0.920 bits per heavy atom. The molecule has 2 aromatic rings. The average molecular weight is 341 g/mol. The van der Waals surface area contributed by atoms with E-state index >= 15 is 0 Å². The molecule has 6 heteroatoms. The second-order valence-electron chi connectivity index (χ2n) is 5.16. The summed E-state index contributed by atoms with van der Waals surface area (Å²) in [5.74, 6) is -0.604. The summed E-state index contributed by atoms with van der Waals surface area (Å²) in [7, 11) is 0. The summed E-state index contributed by atoms with van der Waals surface area (Å²) in [5.41, 5.74) is 1.22. The van der Waals surface area contributed by atoms with Crippen LogP contribution < -0.4 is 10.1 Å². The largest absolute Gasteiger partial charge is 0.482 e. The zero-order valence-electron chi connectivity index (χ0n) is 13.9. The first kappa shape index (κ1) is 18.2. The van der Waals surface area contributed by atoms with Gasteiger partial charge in [0.1, 0.15) is 5.75 Å². The number of hydrogen-bond donors (Lipinski definition) is 1.